The quantitative estimate of drug-likeness (QED) is 0.470. The number of ether oxygens (including phenoxy) is 2. The number of benzene rings is 1. The van der Waals surface area contributed by atoms with Crippen molar-refractivity contribution in [3.05, 3.63) is 23.8 Å². The molecule has 0 aliphatic carbocycles. The highest BCUT2D eigenvalue weighted by Gasteiger charge is 2.05. The van der Waals surface area contributed by atoms with Crippen molar-refractivity contribution in [2.45, 2.75) is 71.8 Å². The van der Waals surface area contributed by atoms with Gasteiger partial charge in [0, 0.05) is 6.54 Å². The smallest absolute Gasteiger partial charge is 0.161 e. The molecule has 0 aromatic heterocycles. The largest absolute Gasteiger partial charge is 0.493 e. The third-order valence-electron chi connectivity index (χ3n) is 4.02. The second-order valence-corrected chi connectivity index (χ2v) is 6.13. The highest BCUT2D eigenvalue weighted by Crippen LogP contribution is 2.28. The zero-order valence-corrected chi connectivity index (χ0v) is 15.3. The molecule has 0 heterocycles. The predicted molar refractivity (Wildman–Crippen MR) is 98.5 cm³/mol. The van der Waals surface area contributed by atoms with E-state index in [1.54, 1.807) is 7.11 Å². The van der Waals surface area contributed by atoms with Crippen LogP contribution in [0.1, 0.15) is 70.8 Å². The van der Waals surface area contributed by atoms with E-state index in [0.29, 0.717) is 0 Å². The van der Waals surface area contributed by atoms with Crippen LogP contribution in [0.15, 0.2) is 18.2 Å². The molecule has 132 valence electrons. The molecule has 0 aliphatic heterocycles. The van der Waals surface area contributed by atoms with Gasteiger partial charge in [0.1, 0.15) is 0 Å². The van der Waals surface area contributed by atoms with Crippen molar-refractivity contribution in [3.8, 4) is 11.5 Å². The van der Waals surface area contributed by atoms with E-state index < -0.39 is 0 Å². The molecule has 0 aliphatic rings. The summed E-state index contributed by atoms with van der Waals surface area (Å²) in [6.07, 6.45) is 10.1. The fraction of sp³-hybridized carbons (Fsp3) is 0.700. The molecule has 0 atom stereocenters. The minimum Gasteiger partial charge on any atom is -0.493 e. The third kappa shape index (κ3) is 8.85. The molecule has 23 heavy (non-hydrogen) atoms. The molecule has 1 N–H and O–H groups in total. The van der Waals surface area contributed by atoms with Crippen molar-refractivity contribution >= 4 is 0 Å². The van der Waals surface area contributed by atoms with Crippen LogP contribution in [0.2, 0.25) is 0 Å². The lowest BCUT2D eigenvalue weighted by Crippen LogP contribution is -2.14. The summed E-state index contributed by atoms with van der Waals surface area (Å²) < 4.78 is 11.3. The summed E-state index contributed by atoms with van der Waals surface area (Å²) in [5.41, 5.74) is 1.25. The third-order valence-corrected chi connectivity index (χ3v) is 4.02. The molecule has 0 bridgehead atoms. The Morgan fingerprint density at radius 2 is 1.61 bits per heavy atom. The van der Waals surface area contributed by atoms with Crippen molar-refractivity contribution < 1.29 is 9.47 Å². The van der Waals surface area contributed by atoms with Gasteiger partial charge in [-0.05, 0) is 37.1 Å². The lowest BCUT2D eigenvalue weighted by atomic mass is 10.2. The average Bonchev–Trinajstić information content (AvgIpc) is 2.58. The van der Waals surface area contributed by atoms with Gasteiger partial charge < -0.3 is 14.8 Å². The van der Waals surface area contributed by atoms with Crippen LogP contribution in [0.25, 0.3) is 0 Å². The normalized spacial score (nSPS) is 10.7. The summed E-state index contributed by atoms with van der Waals surface area (Å²) in [6, 6.07) is 6.25. The molecule has 0 amide bonds. The number of hydrogen-bond acceptors (Lipinski definition) is 3. The molecule has 0 saturated carbocycles. The Hall–Kier alpha value is -1.22. The van der Waals surface area contributed by atoms with Gasteiger partial charge in [-0.15, -0.1) is 0 Å². The van der Waals surface area contributed by atoms with Gasteiger partial charge in [-0.3, -0.25) is 0 Å². The van der Waals surface area contributed by atoms with E-state index in [1.165, 1.54) is 50.5 Å². The van der Waals surface area contributed by atoms with Crippen LogP contribution in [0, 0.1) is 0 Å². The number of rotatable bonds is 14. The topological polar surface area (TPSA) is 30.5 Å². The minimum absolute atomic E-state index is 0.769. The maximum absolute atomic E-state index is 5.85. The molecule has 3 heteroatoms. The highest BCUT2D eigenvalue weighted by atomic mass is 16.5. The molecular formula is C20H35NO2. The van der Waals surface area contributed by atoms with E-state index in [4.69, 9.17) is 9.47 Å². The summed E-state index contributed by atoms with van der Waals surface area (Å²) >= 11 is 0. The van der Waals surface area contributed by atoms with Gasteiger partial charge in [-0.2, -0.15) is 0 Å². The molecule has 0 saturated heterocycles. The van der Waals surface area contributed by atoms with Gasteiger partial charge in [-0.25, -0.2) is 0 Å². The Bertz CT molecular complexity index is 407. The monoisotopic (exact) mass is 321 g/mol. The second-order valence-electron chi connectivity index (χ2n) is 6.13. The molecule has 0 fully saturated rings. The van der Waals surface area contributed by atoms with Gasteiger partial charge in [0.15, 0.2) is 11.5 Å². The standard InChI is InChI=1S/C20H35NO2/c1-4-6-8-10-14-21-17-18-12-13-19(20(16-18)22-3)23-15-11-9-7-5-2/h12-13,16,21H,4-11,14-15,17H2,1-3H3. The fourth-order valence-corrected chi connectivity index (χ4v) is 2.56. The lowest BCUT2D eigenvalue weighted by Gasteiger charge is -2.12. The van der Waals surface area contributed by atoms with E-state index in [1.807, 2.05) is 6.07 Å². The first-order valence-corrected chi connectivity index (χ1v) is 9.32. The number of methoxy groups -OCH3 is 1. The molecule has 0 unspecified atom stereocenters. The first kappa shape index (κ1) is 19.8. The number of nitrogens with one attached hydrogen (secondary N) is 1. The fourth-order valence-electron chi connectivity index (χ4n) is 2.56. The summed E-state index contributed by atoms with van der Waals surface area (Å²) in [5, 5.41) is 3.50. The first-order valence-electron chi connectivity index (χ1n) is 9.32. The van der Waals surface area contributed by atoms with Crippen molar-refractivity contribution in [1.82, 2.24) is 5.32 Å². The Morgan fingerprint density at radius 3 is 2.30 bits per heavy atom. The van der Waals surface area contributed by atoms with E-state index >= 15 is 0 Å². The summed E-state index contributed by atoms with van der Waals surface area (Å²) in [7, 11) is 1.71. The highest BCUT2D eigenvalue weighted by molar-refractivity contribution is 5.42. The predicted octanol–water partition coefficient (Wildman–Crippen LogP) is 5.32. The molecule has 1 rings (SSSR count). The van der Waals surface area contributed by atoms with E-state index in [2.05, 4.69) is 31.3 Å². The maximum Gasteiger partial charge on any atom is 0.161 e. The van der Waals surface area contributed by atoms with Gasteiger partial charge in [0.25, 0.3) is 0 Å². The van der Waals surface area contributed by atoms with Crippen LogP contribution in [-0.4, -0.2) is 20.3 Å². The average molecular weight is 322 g/mol. The van der Waals surface area contributed by atoms with Crippen LogP contribution < -0.4 is 14.8 Å². The molecule has 1 aromatic rings. The van der Waals surface area contributed by atoms with Crippen LogP contribution in [0.4, 0.5) is 0 Å². The SMILES string of the molecule is CCCCCCNCc1ccc(OCCCCCC)c(OC)c1. The Kier molecular flexibility index (Phi) is 11.4. The van der Waals surface area contributed by atoms with Crippen molar-refractivity contribution in [2.24, 2.45) is 0 Å². The van der Waals surface area contributed by atoms with Crippen molar-refractivity contribution in [3.63, 3.8) is 0 Å². The second kappa shape index (κ2) is 13.2. The van der Waals surface area contributed by atoms with E-state index in [9.17, 15) is 0 Å². The Labute approximate surface area is 142 Å². The first-order chi connectivity index (χ1) is 11.3. The summed E-state index contributed by atoms with van der Waals surface area (Å²) in [6.45, 7) is 7.20. The lowest BCUT2D eigenvalue weighted by molar-refractivity contribution is 0.285. The Morgan fingerprint density at radius 1 is 0.870 bits per heavy atom. The number of hydrogen-bond donors (Lipinski definition) is 1. The summed E-state index contributed by atoms with van der Waals surface area (Å²) in [4.78, 5) is 0. The molecule has 3 nitrogen and oxygen atoms in total. The van der Waals surface area contributed by atoms with Gasteiger partial charge in [0.2, 0.25) is 0 Å². The van der Waals surface area contributed by atoms with Gasteiger partial charge in [-0.1, -0.05) is 58.4 Å². The molecule has 0 spiro atoms. The number of unbranched alkanes of at least 4 members (excludes halogenated alkanes) is 6. The molecule has 1 aromatic carbocycles. The van der Waals surface area contributed by atoms with Crippen LogP contribution in [-0.2, 0) is 6.54 Å². The van der Waals surface area contributed by atoms with Crippen molar-refractivity contribution in [1.29, 1.82) is 0 Å². The maximum atomic E-state index is 5.85. The van der Waals surface area contributed by atoms with Crippen LogP contribution in [0.5, 0.6) is 11.5 Å². The van der Waals surface area contributed by atoms with Crippen molar-refractivity contribution in [2.75, 3.05) is 20.3 Å². The van der Waals surface area contributed by atoms with Gasteiger partial charge >= 0.3 is 0 Å². The Balaban J connectivity index is 2.33. The molecule has 0 radical (unpaired) electrons. The van der Waals surface area contributed by atoms with E-state index in [-0.39, 0.29) is 0 Å². The zero-order valence-electron chi connectivity index (χ0n) is 15.3. The van der Waals surface area contributed by atoms with Crippen LogP contribution >= 0.6 is 0 Å². The minimum atomic E-state index is 0.769. The zero-order chi connectivity index (χ0) is 16.8. The summed E-state index contributed by atoms with van der Waals surface area (Å²) in [5.74, 6) is 1.70. The molecular weight excluding hydrogens is 286 g/mol. The van der Waals surface area contributed by atoms with E-state index in [0.717, 1.165) is 37.6 Å². The van der Waals surface area contributed by atoms with Crippen LogP contribution in [0.3, 0.4) is 0 Å². The van der Waals surface area contributed by atoms with Gasteiger partial charge in [0.05, 0.1) is 13.7 Å².